The Labute approximate surface area is 82.7 Å². The van der Waals surface area contributed by atoms with Crippen molar-refractivity contribution in [2.24, 2.45) is 0 Å². The molecule has 5 nitrogen and oxygen atoms in total. The van der Waals surface area contributed by atoms with Crippen molar-refractivity contribution in [2.75, 3.05) is 12.3 Å². The lowest BCUT2D eigenvalue weighted by atomic mass is 10.1. The molecule has 76 valence electrons. The second kappa shape index (κ2) is 4.32. The van der Waals surface area contributed by atoms with Crippen LogP contribution in [-0.2, 0) is 11.2 Å². The molecule has 5 heteroatoms. The van der Waals surface area contributed by atoms with Gasteiger partial charge in [-0.05, 0) is 19.3 Å². The molecule has 1 aliphatic heterocycles. The van der Waals surface area contributed by atoms with E-state index in [1.165, 1.54) is 12.7 Å². The summed E-state index contributed by atoms with van der Waals surface area (Å²) < 4.78 is 5.58. The summed E-state index contributed by atoms with van der Waals surface area (Å²) in [6.07, 6.45) is 5.92. The Kier molecular flexibility index (Phi) is 2.88. The second-order valence-corrected chi connectivity index (χ2v) is 3.45. The topological polar surface area (TPSA) is 73.9 Å². The summed E-state index contributed by atoms with van der Waals surface area (Å²) in [4.78, 5) is 11.8. The Morgan fingerprint density at radius 2 is 2.36 bits per heavy atom. The van der Waals surface area contributed by atoms with E-state index in [-0.39, 0.29) is 12.1 Å². The normalized spacial score (nSPS) is 22.1. The molecule has 1 aromatic heterocycles. The van der Waals surface area contributed by atoms with Gasteiger partial charge >= 0.3 is 0 Å². The van der Waals surface area contributed by atoms with Crippen LogP contribution in [0.3, 0.4) is 0 Å². The van der Waals surface area contributed by atoms with Gasteiger partial charge in [-0.25, -0.2) is 9.97 Å². The van der Waals surface area contributed by atoms with Crippen LogP contribution in [0.1, 0.15) is 25.1 Å². The molecule has 0 bridgehead atoms. The van der Waals surface area contributed by atoms with Crippen LogP contribution in [0.5, 0.6) is 0 Å². The van der Waals surface area contributed by atoms with Crippen LogP contribution < -0.4 is 5.73 Å². The standard InChI is InChI=1S/C9H14N4O/c10-9-12-6-11-8(13-9)5-7-3-1-2-4-14-7/h6-7H,1-5H2,(H2,10,11,12,13). The number of anilines is 1. The zero-order chi connectivity index (χ0) is 9.80. The summed E-state index contributed by atoms with van der Waals surface area (Å²) in [6, 6.07) is 0. The monoisotopic (exact) mass is 194 g/mol. The number of hydrogen-bond acceptors (Lipinski definition) is 5. The molecule has 0 radical (unpaired) electrons. The van der Waals surface area contributed by atoms with Crippen LogP contribution in [0.2, 0.25) is 0 Å². The van der Waals surface area contributed by atoms with Crippen LogP contribution in [0.15, 0.2) is 6.33 Å². The fourth-order valence-electron chi connectivity index (χ4n) is 1.62. The van der Waals surface area contributed by atoms with Crippen molar-refractivity contribution in [3.63, 3.8) is 0 Å². The summed E-state index contributed by atoms with van der Waals surface area (Å²) in [5, 5.41) is 0. The first-order chi connectivity index (χ1) is 6.84. The van der Waals surface area contributed by atoms with E-state index in [4.69, 9.17) is 10.5 Å². The molecule has 2 rings (SSSR count). The molecule has 1 atom stereocenters. The zero-order valence-corrected chi connectivity index (χ0v) is 8.02. The molecular weight excluding hydrogens is 180 g/mol. The molecule has 0 spiro atoms. The first-order valence-electron chi connectivity index (χ1n) is 4.89. The Morgan fingerprint density at radius 1 is 1.43 bits per heavy atom. The minimum atomic E-state index is 0.255. The number of ether oxygens (including phenoxy) is 1. The third-order valence-electron chi connectivity index (χ3n) is 2.32. The van der Waals surface area contributed by atoms with E-state index in [2.05, 4.69) is 15.0 Å². The first kappa shape index (κ1) is 9.33. The number of nitrogens with zero attached hydrogens (tertiary/aromatic N) is 3. The first-order valence-corrected chi connectivity index (χ1v) is 4.89. The van der Waals surface area contributed by atoms with Gasteiger partial charge in [0.05, 0.1) is 6.10 Å². The Hall–Kier alpha value is -1.23. The van der Waals surface area contributed by atoms with E-state index in [1.807, 2.05) is 0 Å². The fourth-order valence-corrected chi connectivity index (χ4v) is 1.62. The van der Waals surface area contributed by atoms with E-state index >= 15 is 0 Å². The summed E-state index contributed by atoms with van der Waals surface area (Å²) in [5.74, 6) is 1.01. The lowest BCUT2D eigenvalue weighted by Gasteiger charge is -2.21. The van der Waals surface area contributed by atoms with E-state index in [1.54, 1.807) is 0 Å². The van der Waals surface area contributed by atoms with Crippen LogP contribution in [0.25, 0.3) is 0 Å². The lowest BCUT2D eigenvalue weighted by Crippen LogP contribution is -2.22. The van der Waals surface area contributed by atoms with Gasteiger partial charge in [0.1, 0.15) is 12.2 Å². The highest BCUT2D eigenvalue weighted by atomic mass is 16.5. The molecule has 2 N–H and O–H groups in total. The van der Waals surface area contributed by atoms with Gasteiger partial charge in [0.2, 0.25) is 5.95 Å². The van der Waals surface area contributed by atoms with Gasteiger partial charge < -0.3 is 10.5 Å². The largest absolute Gasteiger partial charge is 0.378 e. The molecule has 0 amide bonds. The Morgan fingerprint density at radius 3 is 3.07 bits per heavy atom. The van der Waals surface area contributed by atoms with Crippen LogP contribution in [-0.4, -0.2) is 27.7 Å². The molecule has 1 aliphatic rings. The summed E-state index contributed by atoms with van der Waals surface area (Å²) in [5.41, 5.74) is 5.46. The molecule has 0 saturated carbocycles. The van der Waals surface area contributed by atoms with Crippen molar-refractivity contribution in [2.45, 2.75) is 31.8 Å². The van der Waals surface area contributed by atoms with Crippen LogP contribution >= 0.6 is 0 Å². The molecule has 0 aliphatic carbocycles. The van der Waals surface area contributed by atoms with Gasteiger partial charge in [0, 0.05) is 13.0 Å². The molecule has 1 fully saturated rings. The second-order valence-electron chi connectivity index (χ2n) is 3.45. The van der Waals surface area contributed by atoms with Crippen molar-refractivity contribution in [3.8, 4) is 0 Å². The van der Waals surface area contributed by atoms with E-state index in [0.29, 0.717) is 0 Å². The highest BCUT2D eigenvalue weighted by Crippen LogP contribution is 2.15. The van der Waals surface area contributed by atoms with Crippen molar-refractivity contribution in [1.29, 1.82) is 0 Å². The predicted octanol–water partition coefficient (Wildman–Crippen LogP) is 0.565. The molecule has 1 aromatic rings. The van der Waals surface area contributed by atoms with E-state index < -0.39 is 0 Å². The average molecular weight is 194 g/mol. The van der Waals surface area contributed by atoms with Crippen molar-refractivity contribution in [1.82, 2.24) is 15.0 Å². The maximum atomic E-state index is 5.58. The third kappa shape index (κ3) is 2.38. The van der Waals surface area contributed by atoms with Gasteiger partial charge in [-0.1, -0.05) is 0 Å². The lowest BCUT2D eigenvalue weighted by molar-refractivity contribution is 0.0156. The van der Waals surface area contributed by atoms with Gasteiger partial charge in [0.25, 0.3) is 0 Å². The Balaban J connectivity index is 1.95. The molecule has 2 heterocycles. The summed E-state index contributed by atoms with van der Waals surface area (Å²) >= 11 is 0. The summed E-state index contributed by atoms with van der Waals surface area (Å²) in [7, 11) is 0. The fraction of sp³-hybridized carbons (Fsp3) is 0.667. The minimum Gasteiger partial charge on any atom is -0.378 e. The van der Waals surface area contributed by atoms with Crippen molar-refractivity contribution < 1.29 is 4.74 Å². The molecular formula is C9H14N4O. The van der Waals surface area contributed by atoms with E-state index in [9.17, 15) is 0 Å². The maximum absolute atomic E-state index is 5.58. The minimum absolute atomic E-state index is 0.255. The van der Waals surface area contributed by atoms with Gasteiger partial charge in [-0.2, -0.15) is 4.98 Å². The Bertz CT molecular complexity index is 299. The average Bonchev–Trinajstić information content (AvgIpc) is 2.19. The highest BCUT2D eigenvalue weighted by molar-refractivity contribution is 5.12. The number of nitrogen functional groups attached to an aromatic ring is 1. The maximum Gasteiger partial charge on any atom is 0.223 e. The van der Waals surface area contributed by atoms with Crippen molar-refractivity contribution in [3.05, 3.63) is 12.2 Å². The number of aromatic nitrogens is 3. The number of nitrogens with two attached hydrogens (primary N) is 1. The number of rotatable bonds is 2. The summed E-state index contributed by atoms with van der Waals surface area (Å²) in [6.45, 7) is 0.852. The smallest absolute Gasteiger partial charge is 0.223 e. The SMILES string of the molecule is Nc1ncnc(CC2CCCCO2)n1. The molecule has 1 saturated heterocycles. The van der Waals surface area contributed by atoms with Crippen LogP contribution in [0, 0.1) is 0 Å². The molecule has 0 aromatic carbocycles. The zero-order valence-electron chi connectivity index (χ0n) is 8.02. The van der Waals surface area contributed by atoms with Crippen molar-refractivity contribution >= 4 is 5.95 Å². The van der Waals surface area contributed by atoms with Gasteiger partial charge in [-0.3, -0.25) is 0 Å². The van der Waals surface area contributed by atoms with Gasteiger partial charge in [0.15, 0.2) is 0 Å². The third-order valence-corrected chi connectivity index (χ3v) is 2.32. The highest BCUT2D eigenvalue weighted by Gasteiger charge is 2.15. The van der Waals surface area contributed by atoms with E-state index in [0.717, 1.165) is 31.7 Å². The van der Waals surface area contributed by atoms with Crippen LogP contribution in [0.4, 0.5) is 5.95 Å². The number of hydrogen-bond donors (Lipinski definition) is 1. The predicted molar refractivity (Wildman–Crippen MR) is 51.5 cm³/mol. The quantitative estimate of drug-likeness (QED) is 0.744. The van der Waals surface area contributed by atoms with Gasteiger partial charge in [-0.15, -0.1) is 0 Å². The molecule has 1 unspecified atom stereocenters. The molecule has 14 heavy (non-hydrogen) atoms.